The lowest BCUT2D eigenvalue weighted by atomic mass is 9.80. The summed E-state index contributed by atoms with van der Waals surface area (Å²) in [6, 6.07) is 6.82. The minimum atomic E-state index is -0.0438. The molecule has 6 nitrogen and oxygen atoms in total. The van der Waals surface area contributed by atoms with Crippen molar-refractivity contribution in [2.24, 2.45) is 5.92 Å². The fourth-order valence-electron chi connectivity index (χ4n) is 4.44. The second kappa shape index (κ2) is 4.82. The lowest BCUT2D eigenvalue weighted by Gasteiger charge is -2.23. The maximum atomic E-state index is 6.01. The molecular formula is C18H20N4O2. The van der Waals surface area contributed by atoms with E-state index >= 15 is 0 Å². The van der Waals surface area contributed by atoms with Crippen LogP contribution in [-0.2, 0) is 5.41 Å². The Morgan fingerprint density at radius 3 is 2.96 bits per heavy atom. The van der Waals surface area contributed by atoms with Gasteiger partial charge >= 0.3 is 0 Å². The Bertz CT molecular complexity index is 915. The van der Waals surface area contributed by atoms with Crippen molar-refractivity contribution in [3.63, 3.8) is 0 Å². The molecule has 1 saturated heterocycles. The SMILES string of the molecule is Cc1ccc2oc(N3C[C@@H]4CCC[C@]4(c4nnc(C)o4)C3)nc2c1. The molecule has 24 heavy (non-hydrogen) atoms. The standard InChI is InChI=1S/C18H20N4O2/c1-11-5-6-15-14(8-11)19-17(24-15)22-9-13-4-3-7-18(13,10-22)16-21-20-12(2)23-16/h5-6,8,13H,3-4,7,9-10H2,1-2H3/t13-,18-/m0/s1. The summed E-state index contributed by atoms with van der Waals surface area (Å²) < 4.78 is 11.8. The van der Waals surface area contributed by atoms with Gasteiger partial charge in [0, 0.05) is 20.0 Å². The molecule has 2 aromatic heterocycles. The molecule has 2 fully saturated rings. The van der Waals surface area contributed by atoms with Gasteiger partial charge in [-0.3, -0.25) is 0 Å². The van der Waals surface area contributed by atoms with Crippen LogP contribution in [0.4, 0.5) is 6.01 Å². The average molecular weight is 324 g/mol. The molecule has 6 heteroatoms. The van der Waals surface area contributed by atoms with Crippen LogP contribution in [0.5, 0.6) is 0 Å². The number of hydrogen-bond donors (Lipinski definition) is 0. The van der Waals surface area contributed by atoms with Crippen LogP contribution in [0.2, 0.25) is 0 Å². The van der Waals surface area contributed by atoms with Crippen LogP contribution in [0.3, 0.4) is 0 Å². The van der Waals surface area contributed by atoms with Crippen molar-refractivity contribution in [2.75, 3.05) is 18.0 Å². The second-order valence-electron chi connectivity index (χ2n) is 7.22. The Balaban J connectivity index is 1.52. The van der Waals surface area contributed by atoms with Gasteiger partial charge in [-0.1, -0.05) is 12.5 Å². The van der Waals surface area contributed by atoms with Gasteiger partial charge in [0.05, 0.1) is 5.41 Å². The van der Waals surface area contributed by atoms with Crippen LogP contribution in [0, 0.1) is 19.8 Å². The van der Waals surface area contributed by atoms with Crippen molar-refractivity contribution in [1.29, 1.82) is 0 Å². The highest BCUT2D eigenvalue weighted by atomic mass is 16.4. The van der Waals surface area contributed by atoms with Gasteiger partial charge in [0.25, 0.3) is 6.01 Å². The number of nitrogens with zero attached hydrogens (tertiary/aromatic N) is 4. The van der Waals surface area contributed by atoms with E-state index in [-0.39, 0.29) is 5.41 Å². The molecule has 0 spiro atoms. The molecule has 1 aliphatic heterocycles. The van der Waals surface area contributed by atoms with E-state index in [1.54, 1.807) is 0 Å². The molecule has 2 aliphatic rings. The summed E-state index contributed by atoms with van der Waals surface area (Å²) in [6.07, 6.45) is 3.50. The van der Waals surface area contributed by atoms with Crippen molar-refractivity contribution in [1.82, 2.24) is 15.2 Å². The molecule has 0 N–H and O–H groups in total. The number of oxazole rings is 1. The first-order valence-corrected chi connectivity index (χ1v) is 8.57. The molecule has 2 atom stereocenters. The van der Waals surface area contributed by atoms with Crippen LogP contribution in [0.25, 0.3) is 11.1 Å². The van der Waals surface area contributed by atoms with Gasteiger partial charge in [0.2, 0.25) is 11.8 Å². The molecule has 3 aromatic rings. The molecule has 1 aliphatic carbocycles. The van der Waals surface area contributed by atoms with Gasteiger partial charge in [0.15, 0.2) is 5.58 Å². The minimum absolute atomic E-state index is 0.0438. The normalized spacial score (nSPS) is 26.4. The van der Waals surface area contributed by atoms with Crippen molar-refractivity contribution >= 4 is 17.1 Å². The Labute approximate surface area is 139 Å². The van der Waals surface area contributed by atoms with Gasteiger partial charge in [0.1, 0.15) is 5.52 Å². The molecule has 0 radical (unpaired) electrons. The summed E-state index contributed by atoms with van der Waals surface area (Å²) in [5.74, 6) is 1.95. The van der Waals surface area contributed by atoms with Crippen molar-refractivity contribution in [2.45, 2.75) is 38.5 Å². The summed E-state index contributed by atoms with van der Waals surface area (Å²) in [7, 11) is 0. The van der Waals surface area contributed by atoms with Crippen molar-refractivity contribution < 1.29 is 8.83 Å². The zero-order chi connectivity index (χ0) is 16.3. The smallest absolute Gasteiger partial charge is 0.298 e. The van der Waals surface area contributed by atoms with Gasteiger partial charge in [-0.2, -0.15) is 4.98 Å². The molecule has 3 heterocycles. The number of benzene rings is 1. The average Bonchev–Trinajstić information content (AvgIpc) is 3.26. The van der Waals surface area contributed by atoms with Gasteiger partial charge in [-0.15, -0.1) is 10.2 Å². The maximum absolute atomic E-state index is 6.01. The molecule has 0 bridgehead atoms. The van der Waals surface area contributed by atoms with E-state index in [0.29, 0.717) is 17.8 Å². The third-order valence-electron chi connectivity index (χ3n) is 5.62. The number of anilines is 1. The van der Waals surface area contributed by atoms with E-state index in [1.165, 1.54) is 18.4 Å². The van der Waals surface area contributed by atoms with Crippen LogP contribution in [0.15, 0.2) is 27.0 Å². The van der Waals surface area contributed by atoms with E-state index in [9.17, 15) is 0 Å². The third-order valence-corrected chi connectivity index (χ3v) is 5.62. The summed E-state index contributed by atoms with van der Waals surface area (Å²) in [5, 5.41) is 8.40. The topological polar surface area (TPSA) is 68.2 Å². The van der Waals surface area contributed by atoms with Crippen LogP contribution >= 0.6 is 0 Å². The third kappa shape index (κ3) is 1.92. The molecule has 0 amide bonds. The Kier molecular flexibility index (Phi) is 2.81. The molecule has 1 aromatic carbocycles. The molecule has 1 saturated carbocycles. The van der Waals surface area contributed by atoms with Gasteiger partial charge in [-0.25, -0.2) is 0 Å². The highest BCUT2D eigenvalue weighted by molar-refractivity contribution is 5.75. The summed E-state index contributed by atoms with van der Waals surface area (Å²) in [5.41, 5.74) is 2.91. The quantitative estimate of drug-likeness (QED) is 0.720. The van der Waals surface area contributed by atoms with Crippen molar-refractivity contribution in [3.8, 4) is 0 Å². The number of aryl methyl sites for hydroxylation is 2. The minimum Gasteiger partial charge on any atom is -0.425 e. The molecule has 0 unspecified atom stereocenters. The predicted octanol–water partition coefficient (Wildman–Crippen LogP) is 3.39. The monoisotopic (exact) mass is 324 g/mol. The lowest BCUT2D eigenvalue weighted by molar-refractivity contribution is 0.299. The Hall–Kier alpha value is -2.37. The molecule has 124 valence electrons. The Morgan fingerprint density at radius 2 is 2.12 bits per heavy atom. The summed E-state index contributed by atoms with van der Waals surface area (Å²) >= 11 is 0. The fourth-order valence-corrected chi connectivity index (χ4v) is 4.44. The number of fused-ring (bicyclic) bond motifs is 2. The van der Waals surface area contributed by atoms with E-state index in [4.69, 9.17) is 13.8 Å². The highest BCUT2D eigenvalue weighted by Crippen LogP contribution is 2.50. The van der Waals surface area contributed by atoms with E-state index < -0.39 is 0 Å². The van der Waals surface area contributed by atoms with Crippen LogP contribution < -0.4 is 4.90 Å². The first kappa shape index (κ1) is 14.0. The predicted molar refractivity (Wildman–Crippen MR) is 89.0 cm³/mol. The Morgan fingerprint density at radius 1 is 1.21 bits per heavy atom. The molecule has 5 rings (SSSR count). The molecular weight excluding hydrogens is 304 g/mol. The van der Waals surface area contributed by atoms with E-state index in [1.807, 2.05) is 13.0 Å². The first-order chi connectivity index (χ1) is 11.6. The summed E-state index contributed by atoms with van der Waals surface area (Å²) in [4.78, 5) is 6.95. The van der Waals surface area contributed by atoms with Crippen molar-refractivity contribution in [3.05, 3.63) is 35.5 Å². The van der Waals surface area contributed by atoms with Crippen LogP contribution in [0.1, 0.15) is 36.6 Å². The largest absolute Gasteiger partial charge is 0.425 e. The number of hydrogen-bond acceptors (Lipinski definition) is 6. The van der Waals surface area contributed by atoms with E-state index in [0.717, 1.165) is 36.5 Å². The number of rotatable bonds is 2. The van der Waals surface area contributed by atoms with E-state index in [2.05, 4.69) is 34.2 Å². The van der Waals surface area contributed by atoms with Gasteiger partial charge < -0.3 is 13.7 Å². The first-order valence-electron chi connectivity index (χ1n) is 8.57. The fraction of sp³-hybridized carbons (Fsp3) is 0.500. The highest BCUT2D eigenvalue weighted by Gasteiger charge is 2.54. The zero-order valence-corrected chi connectivity index (χ0v) is 14.0. The lowest BCUT2D eigenvalue weighted by Crippen LogP contribution is -2.32. The maximum Gasteiger partial charge on any atom is 0.298 e. The summed E-state index contributed by atoms with van der Waals surface area (Å²) in [6.45, 7) is 5.70. The van der Waals surface area contributed by atoms with Crippen LogP contribution in [-0.4, -0.2) is 28.3 Å². The number of aromatic nitrogens is 3. The zero-order valence-electron chi connectivity index (χ0n) is 14.0. The second-order valence-corrected chi connectivity index (χ2v) is 7.22. The van der Waals surface area contributed by atoms with Gasteiger partial charge in [-0.05, 0) is 43.4 Å².